The molecule has 3 nitrogen and oxygen atoms in total. The van der Waals surface area contributed by atoms with Crippen LogP contribution in [-0.2, 0) is 12.3 Å². The second-order valence-electron chi connectivity index (χ2n) is 2.76. The smallest absolute Gasteiger partial charge is 0.265 e. The highest BCUT2D eigenvalue weighted by Crippen LogP contribution is 2.31. The number of aromatic nitrogens is 1. The molecule has 0 atom stereocenters. The van der Waals surface area contributed by atoms with Crippen molar-refractivity contribution in [3.63, 3.8) is 0 Å². The fraction of sp³-hybridized carbons (Fsp3) is 0.333. The minimum Gasteiger partial charge on any atom is -0.506 e. The highest BCUT2D eigenvalue weighted by atomic mass is 35.5. The Balaban J connectivity index is 3.32. The molecule has 0 aliphatic rings. The Bertz CT molecular complexity index is 404. The van der Waals surface area contributed by atoms with Crippen LogP contribution in [-0.4, -0.2) is 10.1 Å². The summed E-state index contributed by atoms with van der Waals surface area (Å²) in [4.78, 5) is 3.59. The van der Waals surface area contributed by atoms with Crippen LogP contribution in [0.2, 0.25) is 0 Å². The van der Waals surface area contributed by atoms with Gasteiger partial charge in [0.2, 0.25) is 0 Å². The minimum atomic E-state index is -2.77. The Labute approximate surface area is 89.9 Å². The van der Waals surface area contributed by atoms with Gasteiger partial charge < -0.3 is 5.11 Å². The summed E-state index contributed by atoms with van der Waals surface area (Å²) in [6.07, 6.45) is -2.12. The molecule has 1 heterocycles. The van der Waals surface area contributed by atoms with E-state index in [9.17, 15) is 13.9 Å². The predicted molar refractivity (Wildman–Crippen MR) is 49.7 cm³/mol. The summed E-state index contributed by atoms with van der Waals surface area (Å²) < 4.78 is 24.9. The summed E-state index contributed by atoms with van der Waals surface area (Å²) in [6.45, 7) is 0. The molecule has 1 rings (SSSR count). The molecule has 0 aromatic carbocycles. The van der Waals surface area contributed by atoms with Crippen molar-refractivity contribution in [3.8, 4) is 11.8 Å². The van der Waals surface area contributed by atoms with Gasteiger partial charge in [0, 0.05) is 17.3 Å². The third kappa shape index (κ3) is 2.34. The van der Waals surface area contributed by atoms with E-state index in [0.717, 1.165) is 6.20 Å². The zero-order chi connectivity index (χ0) is 11.4. The average molecular weight is 233 g/mol. The van der Waals surface area contributed by atoms with Gasteiger partial charge in [-0.25, -0.2) is 8.78 Å². The lowest BCUT2D eigenvalue weighted by molar-refractivity contribution is 0.149. The maximum absolute atomic E-state index is 12.5. The molecule has 0 radical (unpaired) electrons. The van der Waals surface area contributed by atoms with Crippen molar-refractivity contribution < 1.29 is 13.9 Å². The molecule has 0 saturated heterocycles. The second kappa shape index (κ2) is 4.89. The van der Waals surface area contributed by atoms with Crippen LogP contribution in [0.15, 0.2) is 6.20 Å². The lowest BCUT2D eigenvalue weighted by Gasteiger charge is -2.09. The highest BCUT2D eigenvalue weighted by molar-refractivity contribution is 6.17. The molecule has 0 unspecified atom stereocenters. The van der Waals surface area contributed by atoms with Gasteiger partial charge >= 0.3 is 0 Å². The largest absolute Gasteiger partial charge is 0.506 e. The molecule has 0 spiro atoms. The van der Waals surface area contributed by atoms with Gasteiger partial charge in [0.1, 0.15) is 5.75 Å². The highest BCUT2D eigenvalue weighted by Gasteiger charge is 2.19. The molecule has 0 bridgehead atoms. The summed E-state index contributed by atoms with van der Waals surface area (Å²) in [7, 11) is 0. The van der Waals surface area contributed by atoms with Gasteiger partial charge in [0.25, 0.3) is 6.43 Å². The van der Waals surface area contributed by atoms with Crippen LogP contribution >= 0.6 is 11.6 Å². The maximum Gasteiger partial charge on any atom is 0.265 e. The summed E-state index contributed by atoms with van der Waals surface area (Å²) in [5, 5.41) is 18.0. The number of nitriles is 1. The molecule has 1 N–H and O–H groups in total. The molecule has 0 fully saturated rings. The number of rotatable bonds is 3. The number of alkyl halides is 3. The third-order valence-electron chi connectivity index (χ3n) is 1.88. The summed E-state index contributed by atoms with van der Waals surface area (Å²) in [6, 6.07) is 1.71. The van der Waals surface area contributed by atoms with Crippen molar-refractivity contribution in [3.05, 3.63) is 23.0 Å². The molecule has 6 heteroatoms. The normalized spacial score (nSPS) is 10.3. The lowest BCUT2D eigenvalue weighted by atomic mass is 10.1. The molecule has 0 saturated carbocycles. The van der Waals surface area contributed by atoms with Crippen LogP contribution in [0.5, 0.6) is 5.75 Å². The van der Waals surface area contributed by atoms with E-state index in [1.807, 2.05) is 0 Å². The lowest BCUT2D eigenvalue weighted by Crippen LogP contribution is -1.99. The molecule has 0 aliphatic heterocycles. The molecule has 0 amide bonds. The van der Waals surface area contributed by atoms with E-state index in [4.69, 9.17) is 16.9 Å². The zero-order valence-corrected chi connectivity index (χ0v) is 8.30. The number of aromatic hydroxyl groups is 1. The second-order valence-corrected chi connectivity index (χ2v) is 3.02. The van der Waals surface area contributed by atoms with E-state index in [0.29, 0.717) is 0 Å². The molecule has 1 aromatic rings. The zero-order valence-electron chi connectivity index (χ0n) is 7.54. The van der Waals surface area contributed by atoms with Crippen LogP contribution in [0, 0.1) is 11.3 Å². The van der Waals surface area contributed by atoms with Crippen molar-refractivity contribution >= 4 is 11.6 Å². The molecule has 80 valence electrons. The Morgan fingerprint density at radius 3 is 2.73 bits per heavy atom. The van der Waals surface area contributed by atoms with Crippen LogP contribution in [0.1, 0.15) is 23.2 Å². The van der Waals surface area contributed by atoms with Crippen molar-refractivity contribution in [2.75, 3.05) is 0 Å². The van der Waals surface area contributed by atoms with Gasteiger partial charge in [-0.2, -0.15) is 5.26 Å². The number of nitrogens with zero attached hydrogens (tertiary/aromatic N) is 2. The van der Waals surface area contributed by atoms with Crippen molar-refractivity contribution in [2.24, 2.45) is 0 Å². The van der Waals surface area contributed by atoms with E-state index >= 15 is 0 Å². The number of hydrogen-bond acceptors (Lipinski definition) is 3. The quantitative estimate of drug-likeness (QED) is 0.815. The Kier molecular flexibility index (Phi) is 3.81. The monoisotopic (exact) mass is 232 g/mol. The fourth-order valence-electron chi connectivity index (χ4n) is 1.15. The maximum atomic E-state index is 12.5. The standard InChI is InChI=1S/C9H7ClF2N2O/c10-3-7-8(15)5(1-2-13)6(4-14-7)9(11)12/h4,9,15H,1,3H2. The predicted octanol–water partition coefficient (Wildman–Crippen LogP) is 2.53. The SMILES string of the molecule is N#CCc1c(C(F)F)cnc(CCl)c1O. The Morgan fingerprint density at radius 1 is 1.60 bits per heavy atom. The molecular weight excluding hydrogens is 226 g/mol. The van der Waals surface area contributed by atoms with Crippen LogP contribution in [0.25, 0.3) is 0 Å². The van der Waals surface area contributed by atoms with E-state index < -0.39 is 17.7 Å². The van der Waals surface area contributed by atoms with E-state index in [2.05, 4.69) is 4.98 Å². The first-order chi connectivity index (χ1) is 7.11. The van der Waals surface area contributed by atoms with Gasteiger partial charge in [0.05, 0.1) is 24.1 Å². The third-order valence-corrected chi connectivity index (χ3v) is 2.14. The first-order valence-corrected chi connectivity index (χ1v) is 4.56. The summed E-state index contributed by atoms with van der Waals surface area (Å²) >= 11 is 5.44. The number of hydrogen-bond donors (Lipinski definition) is 1. The number of halogens is 3. The number of pyridine rings is 1. The van der Waals surface area contributed by atoms with E-state index in [-0.39, 0.29) is 23.6 Å². The average Bonchev–Trinajstić information content (AvgIpc) is 2.20. The van der Waals surface area contributed by atoms with Gasteiger partial charge in [-0.15, -0.1) is 11.6 Å². The van der Waals surface area contributed by atoms with Crippen molar-refractivity contribution in [1.82, 2.24) is 4.98 Å². The van der Waals surface area contributed by atoms with Gasteiger partial charge in [-0.1, -0.05) is 0 Å². The van der Waals surface area contributed by atoms with Gasteiger partial charge in [-0.3, -0.25) is 4.98 Å². The molecule has 0 aliphatic carbocycles. The van der Waals surface area contributed by atoms with Crippen LogP contribution in [0.3, 0.4) is 0 Å². The van der Waals surface area contributed by atoms with Crippen molar-refractivity contribution in [1.29, 1.82) is 5.26 Å². The van der Waals surface area contributed by atoms with Gasteiger partial charge in [0.15, 0.2) is 0 Å². The minimum absolute atomic E-state index is 0.0895. The summed E-state index contributed by atoms with van der Waals surface area (Å²) in [5.74, 6) is -0.502. The molecule has 15 heavy (non-hydrogen) atoms. The summed E-state index contributed by atoms with van der Waals surface area (Å²) in [5.41, 5.74) is -0.424. The topological polar surface area (TPSA) is 56.9 Å². The van der Waals surface area contributed by atoms with E-state index in [1.165, 1.54) is 0 Å². The fourth-order valence-corrected chi connectivity index (χ4v) is 1.34. The van der Waals surface area contributed by atoms with Gasteiger partial charge in [-0.05, 0) is 0 Å². The van der Waals surface area contributed by atoms with E-state index in [1.54, 1.807) is 6.07 Å². The molecular formula is C9H7ClF2N2O. The van der Waals surface area contributed by atoms with Crippen molar-refractivity contribution in [2.45, 2.75) is 18.7 Å². The molecule has 1 aromatic heterocycles. The van der Waals surface area contributed by atoms with Crippen LogP contribution in [0.4, 0.5) is 8.78 Å². The van der Waals surface area contributed by atoms with Crippen LogP contribution < -0.4 is 0 Å². The Hall–Kier alpha value is -1.41. The Morgan fingerprint density at radius 2 is 2.27 bits per heavy atom. The first-order valence-electron chi connectivity index (χ1n) is 4.02. The first kappa shape index (κ1) is 11.7.